The van der Waals surface area contributed by atoms with E-state index in [0.29, 0.717) is 19.0 Å². The molecule has 2 atom stereocenters. The van der Waals surface area contributed by atoms with Gasteiger partial charge in [0, 0.05) is 0 Å². The van der Waals surface area contributed by atoms with Gasteiger partial charge in [-0.25, -0.2) is 9.18 Å². The van der Waals surface area contributed by atoms with Crippen LogP contribution in [-0.2, 0) is 0 Å². The van der Waals surface area contributed by atoms with Crippen LogP contribution in [0.15, 0.2) is 55.1 Å². The first-order valence-electron chi connectivity index (χ1n) is 17.6. The third-order valence-electron chi connectivity index (χ3n) is 8.99. The summed E-state index contributed by atoms with van der Waals surface area (Å²) in [5.74, 6) is 1.92. The molecule has 2 aromatic carbocycles. The number of carbonyl (C=O) groups is 1. The molecule has 0 amide bonds. The van der Waals surface area contributed by atoms with Crippen molar-refractivity contribution in [1.82, 2.24) is 0 Å². The van der Waals surface area contributed by atoms with Crippen molar-refractivity contribution in [2.45, 2.75) is 129 Å². The monoisotopic (exact) mass is 608 g/mol. The molecule has 1 aliphatic rings. The van der Waals surface area contributed by atoms with Crippen LogP contribution >= 0.6 is 0 Å². The number of carbonyl (C=O) groups excluding carboxylic acids is 1. The lowest BCUT2D eigenvalue weighted by Gasteiger charge is -2.31. The first kappa shape index (κ1) is 35.7. The van der Waals surface area contributed by atoms with E-state index in [2.05, 4.69) is 13.5 Å². The molecule has 0 bridgehead atoms. The molecule has 44 heavy (non-hydrogen) atoms. The van der Waals surface area contributed by atoms with Crippen molar-refractivity contribution in [2.75, 3.05) is 13.2 Å². The van der Waals surface area contributed by atoms with Gasteiger partial charge in [0.1, 0.15) is 11.5 Å². The van der Waals surface area contributed by atoms with Gasteiger partial charge in [0.25, 0.3) is 0 Å². The highest BCUT2D eigenvalue weighted by molar-refractivity contribution is 5.91. The fourth-order valence-electron chi connectivity index (χ4n) is 6.38. The fraction of sp³-hybridized carbons (Fsp3) is 0.615. The minimum Gasteiger partial charge on any atom is -0.494 e. The first-order valence-corrected chi connectivity index (χ1v) is 17.6. The second-order valence-electron chi connectivity index (χ2n) is 12.6. The van der Waals surface area contributed by atoms with Crippen LogP contribution < -0.4 is 14.2 Å². The molecular formula is C39H57FO4. The molecule has 1 fully saturated rings. The molecule has 1 aliphatic carbocycles. The Hall–Kier alpha value is -2.82. The molecule has 0 spiro atoms. The van der Waals surface area contributed by atoms with Crippen molar-refractivity contribution in [3.63, 3.8) is 0 Å². The van der Waals surface area contributed by atoms with Gasteiger partial charge in [-0.1, -0.05) is 103 Å². The highest BCUT2D eigenvalue weighted by atomic mass is 19.1. The van der Waals surface area contributed by atoms with Crippen LogP contribution in [0, 0.1) is 17.7 Å². The van der Waals surface area contributed by atoms with Crippen molar-refractivity contribution in [2.24, 2.45) is 11.8 Å². The zero-order valence-electron chi connectivity index (χ0n) is 27.3. The first-order chi connectivity index (χ1) is 21.6. The predicted molar refractivity (Wildman–Crippen MR) is 179 cm³/mol. The van der Waals surface area contributed by atoms with E-state index in [-0.39, 0.29) is 11.3 Å². The summed E-state index contributed by atoms with van der Waals surface area (Å²) in [6.45, 7) is 7.20. The van der Waals surface area contributed by atoms with Gasteiger partial charge in [-0.3, -0.25) is 0 Å². The molecule has 5 heteroatoms. The van der Waals surface area contributed by atoms with Crippen molar-refractivity contribution in [1.29, 1.82) is 0 Å². The number of halogens is 1. The lowest BCUT2D eigenvalue weighted by Crippen LogP contribution is -2.20. The highest BCUT2D eigenvalue weighted by Crippen LogP contribution is 2.36. The summed E-state index contributed by atoms with van der Waals surface area (Å²) in [4.78, 5) is 12.6. The van der Waals surface area contributed by atoms with Crippen molar-refractivity contribution >= 4 is 5.97 Å². The third-order valence-corrected chi connectivity index (χ3v) is 8.99. The average Bonchev–Trinajstić information content (AvgIpc) is 3.04. The number of ether oxygens (including phenoxy) is 3. The number of benzene rings is 2. The third kappa shape index (κ3) is 13.9. The lowest BCUT2D eigenvalue weighted by molar-refractivity contribution is 0.0734. The molecule has 0 radical (unpaired) electrons. The van der Waals surface area contributed by atoms with E-state index in [9.17, 15) is 9.18 Å². The van der Waals surface area contributed by atoms with Crippen LogP contribution in [0.4, 0.5) is 4.39 Å². The van der Waals surface area contributed by atoms with E-state index < -0.39 is 11.8 Å². The van der Waals surface area contributed by atoms with Gasteiger partial charge in [0.2, 0.25) is 0 Å². The molecule has 0 saturated heterocycles. The topological polar surface area (TPSA) is 44.8 Å². The Labute approximate surface area is 266 Å². The number of hydrogen-bond acceptors (Lipinski definition) is 4. The Kier molecular flexibility index (Phi) is 17.7. The van der Waals surface area contributed by atoms with Gasteiger partial charge in [-0.15, -0.1) is 6.58 Å². The molecule has 4 nitrogen and oxygen atoms in total. The second kappa shape index (κ2) is 21.8. The zero-order chi connectivity index (χ0) is 31.2. The Balaban J connectivity index is 1.31. The number of allylic oxidation sites excluding steroid dienone is 1. The maximum Gasteiger partial charge on any atom is 0.343 e. The second-order valence-corrected chi connectivity index (χ2v) is 12.6. The summed E-state index contributed by atoms with van der Waals surface area (Å²) in [6.07, 6.45) is 25.8. The summed E-state index contributed by atoms with van der Waals surface area (Å²) in [7, 11) is 0. The molecule has 244 valence electrons. The predicted octanol–water partition coefficient (Wildman–Crippen LogP) is 11.7. The van der Waals surface area contributed by atoms with Crippen molar-refractivity contribution in [3.8, 4) is 17.2 Å². The van der Waals surface area contributed by atoms with Crippen LogP contribution in [0.1, 0.15) is 139 Å². The lowest BCUT2D eigenvalue weighted by atomic mass is 9.74. The molecule has 3 rings (SSSR count). The number of unbranched alkanes of at least 4 members (excludes halogenated alkanes) is 10. The highest BCUT2D eigenvalue weighted by Gasteiger charge is 2.24. The Morgan fingerprint density at radius 3 is 2.05 bits per heavy atom. The molecular weight excluding hydrogens is 551 g/mol. The summed E-state index contributed by atoms with van der Waals surface area (Å²) in [5, 5.41) is 0. The van der Waals surface area contributed by atoms with Gasteiger partial charge in [-0.05, 0) is 86.4 Å². The van der Waals surface area contributed by atoms with E-state index >= 15 is 0 Å². The van der Waals surface area contributed by atoms with Gasteiger partial charge < -0.3 is 14.2 Å². The fourth-order valence-corrected chi connectivity index (χ4v) is 6.38. The largest absolute Gasteiger partial charge is 0.494 e. The number of hydrogen-bond donors (Lipinski definition) is 0. The zero-order valence-corrected chi connectivity index (χ0v) is 27.3. The van der Waals surface area contributed by atoms with Gasteiger partial charge in [0.15, 0.2) is 11.6 Å². The van der Waals surface area contributed by atoms with Gasteiger partial charge in [0.05, 0.1) is 18.8 Å². The summed E-state index contributed by atoms with van der Waals surface area (Å²) in [5.41, 5.74) is 0.152. The molecule has 0 heterocycles. The smallest absolute Gasteiger partial charge is 0.343 e. The molecule has 2 unspecified atom stereocenters. The summed E-state index contributed by atoms with van der Waals surface area (Å²) in [6, 6.07) is 11.3. The quantitative estimate of drug-likeness (QED) is 0.0545. The number of esters is 1. The van der Waals surface area contributed by atoms with E-state index in [0.717, 1.165) is 43.3 Å². The van der Waals surface area contributed by atoms with Crippen molar-refractivity contribution in [3.05, 3.63) is 66.5 Å². The SMILES string of the molecule is C=CCCCCCCCCCCOc1ccc(C(=O)Oc2ccc(OCCCC3CCCCC3CCCCC)cc2)cc1F. The Morgan fingerprint density at radius 2 is 1.39 bits per heavy atom. The summed E-state index contributed by atoms with van der Waals surface area (Å²) >= 11 is 0. The van der Waals surface area contributed by atoms with E-state index in [4.69, 9.17) is 14.2 Å². The normalized spacial score (nSPS) is 16.4. The molecule has 0 aromatic heterocycles. The maximum atomic E-state index is 14.6. The standard InChI is InChI=1S/C39H57FO4/c1-3-5-7-8-9-10-11-12-13-17-29-43-38-28-23-34(31-37(38)40)39(41)44-36-26-24-35(25-27-36)42-30-18-22-33-21-16-15-20-32(33)19-14-6-4-2/h3,23-28,31-33H,1,4-22,29-30H2,2H3. The summed E-state index contributed by atoms with van der Waals surface area (Å²) < 4.78 is 31.7. The van der Waals surface area contributed by atoms with Crippen LogP contribution in [-0.4, -0.2) is 19.2 Å². The molecule has 0 N–H and O–H groups in total. The van der Waals surface area contributed by atoms with Gasteiger partial charge in [-0.2, -0.15) is 0 Å². The van der Waals surface area contributed by atoms with Crippen LogP contribution in [0.2, 0.25) is 0 Å². The van der Waals surface area contributed by atoms with Crippen molar-refractivity contribution < 1.29 is 23.4 Å². The maximum absolute atomic E-state index is 14.6. The van der Waals surface area contributed by atoms with Crippen LogP contribution in [0.5, 0.6) is 17.2 Å². The number of rotatable bonds is 23. The Morgan fingerprint density at radius 1 is 0.773 bits per heavy atom. The minimum absolute atomic E-state index is 0.152. The minimum atomic E-state index is -0.602. The van der Waals surface area contributed by atoms with Gasteiger partial charge >= 0.3 is 5.97 Å². The van der Waals surface area contributed by atoms with E-state index in [1.54, 1.807) is 18.2 Å². The van der Waals surface area contributed by atoms with E-state index in [1.807, 2.05) is 18.2 Å². The van der Waals surface area contributed by atoms with Crippen LogP contribution in [0.25, 0.3) is 0 Å². The van der Waals surface area contributed by atoms with E-state index in [1.165, 1.54) is 108 Å². The Bertz CT molecular complexity index is 1070. The molecule has 2 aromatic rings. The molecule has 0 aliphatic heterocycles. The average molecular weight is 609 g/mol. The van der Waals surface area contributed by atoms with Crippen LogP contribution in [0.3, 0.4) is 0 Å². The molecule has 1 saturated carbocycles.